The Morgan fingerprint density at radius 1 is 1.67 bits per heavy atom. The molecule has 4 nitrogen and oxygen atoms in total. The molecular formula is C12H16BrNO3S. The molecule has 1 aromatic rings. The van der Waals surface area contributed by atoms with Crippen molar-refractivity contribution in [1.82, 2.24) is 5.32 Å². The van der Waals surface area contributed by atoms with Gasteiger partial charge < -0.3 is 15.2 Å². The number of amides is 1. The third kappa shape index (κ3) is 3.05. The molecule has 0 aliphatic heterocycles. The number of aliphatic hydroxyl groups excluding tert-OH is 1. The molecule has 100 valence electrons. The number of carbonyl (C=O) groups excluding carboxylic acids is 1. The number of halogens is 1. The van der Waals surface area contributed by atoms with Crippen LogP contribution in [-0.2, 0) is 0 Å². The van der Waals surface area contributed by atoms with Gasteiger partial charge in [-0.05, 0) is 28.8 Å². The van der Waals surface area contributed by atoms with Crippen molar-refractivity contribution in [3.63, 3.8) is 0 Å². The molecule has 0 saturated heterocycles. The summed E-state index contributed by atoms with van der Waals surface area (Å²) in [6, 6.07) is 1.72. The van der Waals surface area contributed by atoms with E-state index >= 15 is 0 Å². The number of hydrogen-bond acceptors (Lipinski definition) is 4. The summed E-state index contributed by atoms with van der Waals surface area (Å²) in [5, 5.41) is 12.6. The van der Waals surface area contributed by atoms with Gasteiger partial charge in [0.15, 0.2) is 0 Å². The zero-order valence-corrected chi connectivity index (χ0v) is 12.5. The fourth-order valence-electron chi connectivity index (χ4n) is 2.17. The molecular weight excluding hydrogens is 318 g/mol. The summed E-state index contributed by atoms with van der Waals surface area (Å²) in [7, 11) is 1.57. The monoisotopic (exact) mass is 333 g/mol. The van der Waals surface area contributed by atoms with Crippen molar-refractivity contribution < 1.29 is 14.6 Å². The van der Waals surface area contributed by atoms with Crippen LogP contribution in [0.5, 0.6) is 5.75 Å². The van der Waals surface area contributed by atoms with E-state index in [-0.39, 0.29) is 17.9 Å². The predicted molar refractivity (Wildman–Crippen MR) is 74.3 cm³/mol. The highest BCUT2D eigenvalue weighted by molar-refractivity contribution is 9.11. The molecule has 1 aliphatic rings. The number of aliphatic hydroxyl groups is 1. The molecule has 6 heteroatoms. The van der Waals surface area contributed by atoms with E-state index in [1.165, 1.54) is 11.3 Å². The normalized spacial score (nSPS) is 23.1. The third-order valence-electron chi connectivity index (χ3n) is 3.24. The van der Waals surface area contributed by atoms with E-state index in [1.807, 2.05) is 0 Å². The molecule has 0 radical (unpaired) electrons. The quantitative estimate of drug-likeness (QED) is 0.889. The maximum absolute atomic E-state index is 11.9. The number of carbonyl (C=O) groups is 1. The maximum atomic E-state index is 11.9. The first-order valence-corrected chi connectivity index (χ1v) is 7.52. The molecule has 1 aliphatic carbocycles. The van der Waals surface area contributed by atoms with Crippen molar-refractivity contribution >= 4 is 33.2 Å². The molecule has 0 aromatic carbocycles. The van der Waals surface area contributed by atoms with Crippen molar-refractivity contribution in [1.29, 1.82) is 0 Å². The van der Waals surface area contributed by atoms with Crippen molar-refractivity contribution in [2.75, 3.05) is 13.7 Å². The number of nitrogens with one attached hydrogen (secondary N) is 1. The Morgan fingerprint density at radius 2 is 2.44 bits per heavy atom. The molecule has 2 N–H and O–H groups in total. The number of hydrogen-bond donors (Lipinski definition) is 2. The van der Waals surface area contributed by atoms with Gasteiger partial charge in [0.25, 0.3) is 5.91 Å². The molecule has 2 atom stereocenters. The minimum absolute atomic E-state index is 0.108. The number of thiophene rings is 1. The van der Waals surface area contributed by atoms with Crippen molar-refractivity contribution in [2.24, 2.45) is 5.92 Å². The summed E-state index contributed by atoms with van der Waals surface area (Å²) in [5.74, 6) is 0.758. The van der Waals surface area contributed by atoms with Crippen LogP contribution in [0, 0.1) is 5.92 Å². The fraction of sp³-hybridized carbons (Fsp3) is 0.583. The summed E-state index contributed by atoms with van der Waals surface area (Å²) in [6.45, 7) is 0.540. The maximum Gasteiger partial charge on any atom is 0.261 e. The first kappa shape index (κ1) is 13.8. The Labute approximate surface area is 118 Å². The zero-order valence-electron chi connectivity index (χ0n) is 10.1. The Balaban J connectivity index is 1.91. The van der Waals surface area contributed by atoms with E-state index in [9.17, 15) is 9.90 Å². The Kier molecular flexibility index (Phi) is 4.64. The topological polar surface area (TPSA) is 58.6 Å². The van der Waals surface area contributed by atoms with Gasteiger partial charge in [0, 0.05) is 18.5 Å². The second kappa shape index (κ2) is 6.04. The van der Waals surface area contributed by atoms with Gasteiger partial charge in [-0.2, -0.15) is 0 Å². The van der Waals surface area contributed by atoms with Crippen LogP contribution in [0.4, 0.5) is 0 Å². The van der Waals surface area contributed by atoms with Gasteiger partial charge in [-0.3, -0.25) is 4.79 Å². The molecule has 18 heavy (non-hydrogen) atoms. The lowest BCUT2D eigenvalue weighted by atomic mass is 10.1. The molecule has 2 unspecified atom stereocenters. The van der Waals surface area contributed by atoms with Gasteiger partial charge >= 0.3 is 0 Å². The molecule has 1 fully saturated rings. The van der Waals surface area contributed by atoms with E-state index in [0.29, 0.717) is 17.2 Å². The van der Waals surface area contributed by atoms with E-state index in [4.69, 9.17) is 4.74 Å². The summed E-state index contributed by atoms with van der Waals surface area (Å²) in [5.41, 5.74) is 0. The lowest BCUT2D eigenvalue weighted by Crippen LogP contribution is -2.32. The van der Waals surface area contributed by atoms with E-state index in [2.05, 4.69) is 21.2 Å². The third-order valence-corrected chi connectivity index (χ3v) is 5.02. The highest BCUT2D eigenvalue weighted by Crippen LogP contribution is 2.34. The van der Waals surface area contributed by atoms with Crippen LogP contribution in [0.15, 0.2) is 9.85 Å². The standard InChI is InChI=1S/C12H16BrNO3S/c1-17-9-5-10(18-11(9)13)12(16)14-6-7-3-2-4-8(7)15/h5,7-8,15H,2-4,6H2,1H3,(H,14,16). The number of ether oxygens (including phenoxy) is 1. The summed E-state index contributed by atoms with van der Waals surface area (Å²) in [4.78, 5) is 12.5. The smallest absolute Gasteiger partial charge is 0.261 e. The average Bonchev–Trinajstić information content (AvgIpc) is 2.92. The molecule has 2 rings (SSSR count). The highest BCUT2D eigenvalue weighted by atomic mass is 79.9. The lowest BCUT2D eigenvalue weighted by molar-refractivity contribution is 0.0920. The van der Waals surface area contributed by atoms with Crippen LogP contribution in [0.1, 0.15) is 28.9 Å². The van der Waals surface area contributed by atoms with Gasteiger partial charge in [0.2, 0.25) is 0 Å². The van der Waals surface area contributed by atoms with Crippen LogP contribution in [-0.4, -0.2) is 30.8 Å². The largest absolute Gasteiger partial charge is 0.495 e. The van der Waals surface area contributed by atoms with E-state index in [0.717, 1.165) is 23.0 Å². The van der Waals surface area contributed by atoms with Crippen LogP contribution < -0.4 is 10.1 Å². The fourth-order valence-corrected chi connectivity index (χ4v) is 3.74. The summed E-state index contributed by atoms with van der Waals surface area (Å²) < 4.78 is 5.93. The predicted octanol–water partition coefficient (Wildman–Crippen LogP) is 2.41. The molecule has 1 amide bonds. The van der Waals surface area contributed by atoms with Gasteiger partial charge in [-0.25, -0.2) is 0 Å². The van der Waals surface area contributed by atoms with Crippen LogP contribution in [0.25, 0.3) is 0 Å². The van der Waals surface area contributed by atoms with Gasteiger partial charge in [0.05, 0.1) is 18.1 Å². The average molecular weight is 334 g/mol. The molecule has 0 bridgehead atoms. The summed E-state index contributed by atoms with van der Waals surface area (Å²) in [6.07, 6.45) is 2.60. The highest BCUT2D eigenvalue weighted by Gasteiger charge is 2.25. The first-order valence-electron chi connectivity index (χ1n) is 5.91. The molecule has 1 aromatic heterocycles. The van der Waals surface area contributed by atoms with Crippen molar-refractivity contribution in [3.8, 4) is 5.75 Å². The Hall–Kier alpha value is -0.590. The number of rotatable bonds is 4. The van der Waals surface area contributed by atoms with Gasteiger partial charge in [-0.1, -0.05) is 6.42 Å². The number of methoxy groups -OCH3 is 1. The van der Waals surface area contributed by atoms with Gasteiger partial charge in [0.1, 0.15) is 9.54 Å². The van der Waals surface area contributed by atoms with Crippen molar-refractivity contribution in [2.45, 2.75) is 25.4 Å². The molecule has 1 saturated carbocycles. The zero-order chi connectivity index (χ0) is 13.1. The Morgan fingerprint density at radius 3 is 3.00 bits per heavy atom. The minimum Gasteiger partial charge on any atom is -0.495 e. The summed E-state index contributed by atoms with van der Waals surface area (Å²) >= 11 is 4.69. The van der Waals surface area contributed by atoms with Crippen LogP contribution in [0.3, 0.4) is 0 Å². The second-order valence-corrected chi connectivity index (χ2v) is 6.79. The Bertz CT molecular complexity index is 435. The van der Waals surface area contributed by atoms with E-state index in [1.54, 1.807) is 13.2 Å². The van der Waals surface area contributed by atoms with Crippen LogP contribution in [0.2, 0.25) is 0 Å². The minimum atomic E-state index is -0.269. The van der Waals surface area contributed by atoms with Crippen molar-refractivity contribution in [3.05, 3.63) is 14.7 Å². The SMILES string of the molecule is COc1cc(C(=O)NCC2CCCC2O)sc1Br. The van der Waals surface area contributed by atoms with E-state index < -0.39 is 0 Å². The first-order chi connectivity index (χ1) is 8.61. The lowest BCUT2D eigenvalue weighted by Gasteiger charge is -2.14. The molecule has 1 heterocycles. The van der Waals surface area contributed by atoms with Crippen LogP contribution >= 0.6 is 27.3 Å². The molecule has 0 spiro atoms. The second-order valence-electron chi connectivity index (χ2n) is 4.42. The van der Waals surface area contributed by atoms with Gasteiger partial charge in [-0.15, -0.1) is 11.3 Å².